The molecule has 3 N–H and O–H groups in total. The molecule has 1 aromatic carbocycles. The van der Waals surface area contributed by atoms with Crippen molar-refractivity contribution in [3.05, 3.63) is 28.8 Å². The Hall–Kier alpha value is -2.41. The van der Waals surface area contributed by atoms with Gasteiger partial charge in [-0.2, -0.15) is 9.97 Å². The molecule has 0 saturated heterocycles. The second kappa shape index (κ2) is 6.36. The average molecular weight is 289 g/mol. The molecular weight excluding hydrogens is 270 g/mol. The lowest BCUT2D eigenvalue weighted by Gasteiger charge is -2.12. The SMILES string of the molecule is CCOc1nc(NN)nc(Oc2cc(C)cc(C)c2C)n1. The van der Waals surface area contributed by atoms with Crippen LogP contribution < -0.4 is 20.7 Å². The minimum atomic E-state index is 0.134. The number of ether oxygens (including phenoxy) is 2. The molecule has 0 atom stereocenters. The molecular formula is C14H19N5O2. The molecule has 7 nitrogen and oxygen atoms in total. The lowest BCUT2D eigenvalue weighted by atomic mass is 10.1. The van der Waals surface area contributed by atoms with Gasteiger partial charge in [-0.15, -0.1) is 4.98 Å². The molecule has 0 aliphatic carbocycles. The molecule has 0 fully saturated rings. The zero-order valence-electron chi connectivity index (χ0n) is 12.6. The van der Waals surface area contributed by atoms with E-state index in [-0.39, 0.29) is 18.0 Å². The minimum Gasteiger partial charge on any atom is -0.464 e. The average Bonchev–Trinajstić information content (AvgIpc) is 2.44. The Balaban J connectivity index is 2.37. The lowest BCUT2D eigenvalue weighted by Crippen LogP contribution is -2.13. The first-order valence-corrected chi connectivity index (χ1v) is 6.64. The maximum absolute atomic E-state index is 5.76. The molecule has 0 saturated carbocycles. The highest BCUT2D eigenvalue weighted by Crippen LogP contribution is 2.27. The summed E-state index contributed by atoms with van der Waals surface area (Å²) < 4.78 is 11.0. The smallest absolute Gasteiger partial charge is 0.330 e. The molecule has 7 heteroatoms. The van der Waals surface area contributed by atoms with Crippen molar-refractivity contribution in [3.8, 4) is 17.8 Å². The van der Waals surface area contributed by atoms with E-state index in [1.165, 1.54) is 0 Å². The van der Waals surface area contributed by atoms with Gasteiger partial charge in [-0.25, -0.2) is 5.84 Å². The molecule has 1 heterocycles. The Labute approximate surface area is 123 Å². The van der Waals surface area contributed by atoms with Crippen molar-refractivity contribution in [1.29, 1.82) is 0 Å². The number of hydrogen-bond donors (Lipinski definition) is 2. The third kappa shape index (κ3) is 3.57. The summed E-state index contributed by atoms with van der Waals surface area (Å²) in [4.78, 5) is 12.2. The molecule has 2 aromatic rings. The second-order valence-corrected chi connectivity index (χ2v) is 4.61. The van der Waals surface area contributed by atoms with E-state index in [2.05, 4.69) is 26.4 Å². The summed E-state index contributed by atoms with van der Waals surface area (Å²) in [7, 11) is 0. The number of nitrogens with zero attached hydrogens (tertiary/aromatic N) is 3. The highest BCUT2D eigenvalue weighted by atomic mass is 16.5. The summed E-state index contributed by atoms with van der Waals surface area (Å²) >= 11 is 0. The number of benzene rings is 1. The molecule has 0 bridgehead atoms. The van der Waals surface area contributed by atoms with E-state index in [0.717, 1.165) is 16.7 Å². The first-order chi connectivity index (χ1) is 10.0. The Kier molecular flexibility index (Phi) is 4.54. The number of anilines is 1. The molecule has 112 valence electrons. The summed E-state index contributed by atoms with van der Waals surface area (Å²) in [5.74, 6) is 6.23. The fourth-order valence-corrected chi connectivity index (χ4v) is 1.85. The molecule has 0 aliphatic heterocycles. The zero-order valence-corrected chi connectivity index (χ0v) is 12.6. The van der Waals surface area contributed by atoms with Crippen LogP contribution in [-0.4, -0.2) is 21.6 Å². The number of nitrogens with one attached hydrogen (secondary N) is 1. The summed E-state index contributed by atoms with van der Waals surface area (Å²) in [6, 6.07) is 4.32. The predicted octanol–water partition coefficient (Wildman–Crippen LogP) is 2.27. The molecule has 0 radical (unpaired) electrons. The molecule has 0 unspecified atom stereocenters. The topological polar surface area (TPSA) is 95.2 Å². The third-order valence-electron chi connectivity index (χ3n) is 2.96. The zero-order chi connectivity index (χ0) is 15.4. The normalized spacial score (nSPS) is 10.3. The number of aromatic nitrogens is 3. The number of nitrogen functional groups attached to an aromatic ring is 1. The minimum absolute atomic E-state index is 0.134. The van der Waals surface area contributed by atoms with Crippen LogP contribution in [0.4, 0.5) is 5.95 Å². The van der Waals surface area contributed by atoms with Crippen LogP contribution in [0.1, 0.15) is 23.6 Å². The van der Waals surface area contributed by atoms with Crippen molar-refractivity contribution < 1.29 is 9.47 Å². The maximum Gasteiger partial charge on any atom is 0.330 e. The van der Waals surface area contributed by atoms with Gasteiger partial charge in [0.05, 0.1) is 6.61 Å². The number of aryl methyl sites for hydroxylation is 2. The van der Waals surface area contributed by atoms with Gasteiger partial charge in [-0.05, 0) is 50.5 Å². The molecule has 1 aromatic heterocycles. The highest BCUT2D eigenvalue weighted by Gasteiger charge is 2.11. The third-order valence-corrected chi connectivity index (χ3v) is 2.96. The van der Waals surface area contributed by atoms with Gasteiger partial charge >= 0.3 is 12.0 Å². The van der Waals surface area contributed by atoms with Gasteiger partial charge in [-0.1, -0.05) is 6.07 Å². The van der Waals surface area contributed by atoms with Crippen molar-refractivity contribution in [3.63, 3.8) is 0 Å². The van der Waals surface area contributed by atoms with Gasteiger partial charge in [0, 0.05) is 0 Å². The van der Waals surface area contributed by atoms with Gasteiger partial charge in [0.15, 0.2) is 0 Å². The number of rotatable bonds is 5. The standard InChI is InChI=1S/C14H19N5O2/c1-5-20-13-16-12(19-15)17-14(18-13)21-11-7-8(2)6-9(3)10(11)4/h6-7H,5,15H2,1-4H3,(H,16,17,18,19). The number of nitrogens with two attached hydrogens (primary N) is 1. The van der Waals surface area contributed by atoms with E-state index in [1.54, 1.807) is 0 Å². The largest absolute Gasteiger partial charge is 0.464 e. The van der Waals surface area contributed by atoms with Gasteiger partial charge in [0.25, 0.3) is 0 Å². The molecule has 2 rings (SSSR count). The predicted molar refractivity (Wildman–Crippen MR) is 79.5 cm³/mol. The fourth-order valence-electron chi connectivity index (χ4n) is 1.85. The van der Waals surface area contributed by atoms with Crippen LogP contribution in [-0.2, 0) is 0 Å². The summed E-state index contributed by atoms with van der Waals surface area (Å²) in [6.45, 7) is 8.30. The fraction of sp³-hybridized carbons (Fsp3) is 0.357. The molecule has 0 spiro atoms. The van der Waals surface area contributed by atoms with Gasteiger partial charge < -0.3 is 9.47 Å². The van der Waals surface area contributed by atoms with E-state index in [9.17, 15) is 0 Å². The van der Waals surface area contributed by atoms with E-state index in [0.29, 0.717) is 12.4 Å². The van der Waals surface area contributed by atoms with Crippen molar-refractivity contribution in [2.75, 3.05) is 12.0 Å². The van der Waals surface area contributed by atoms with E-state index >= 15 is 0 Å². The van der Waals surface area contributed by atoms with Crippen molar-refractivity contribution in [2.45, 2.75) is 27.7 Å². The van der Waals surface area contributed by atoms with Gasteiger partial charge in [0.1, 0.15) is 5.75 Å². The number of hydrazine groups is 1. The van der Waals surface area contributed by atoms with E-state index < -0.39 is 0 Å². The van der Waals surface area contributed by atoms with E-state index in [1.807, 2.05) is 33.8 Å². The van der Waals surface area contributed by atoms with Crippen molar-refractivity contribution in [2.24, 2.45) is 5.84 Å². The number of hydrogen-bond acceptors (Lipinski definition) is 7. The first kappa shape index (κ1) is 15.0. The van der Waals surface area contributed by atoms with Crippen LogP contribution in [0.3, 0.4) is 0 Å². The van der Waals surface area contributed by atoms with E-state index in [4.69, 9.17) is 15.3 Å². The monoisotopic (exact) mass is 289 g/mol. The lowest BCUT2D eigenvalue weighted by molar-refractivity contribution is 0.303. The van der Waals surface area contributed by atoms with Crippen LogP contribution in [0.25, 0.3) is 0 Å². The van der Waals surface area contributed by atoms with Crippen molar-refractivity contribution in [1.82, 2.24) is 15.0 Å². The van der Waals surface area contributed by atoms with Crippen LogP contribution in [0.5, 0.6) is 17.8 Å². The first-order valence-electron chi connectivity index (χ1n) is 6.64. The molecule has 0 amide bonds. The summed E-state index contributed by atoms with van der Waals surface area (Å²) in [5, 5.41) is 0. The summed E-state index contributed by atoms with van der Waals surface area (Å²) in [6.07, 6.45) is 0. The highest BCUT2D eigenvalue weighted by molar-refractivity contribution is 5.43. The Morgan fingerprint density at radius 2 is 1.81 bits per heavy atom. The van der Waals surface area contributed by atoms with Crippen molar-refractivity contribution >= 4 is 5.95 Å². The quantitative estimate of drug-likeness (QED) is 0.644. The Morgan fingerprint density at radius 1 is 1.10 bits per heavy atom. The second-order valence-electron chi connectivity index (χ2n) is 4.61. The van der Waals surface area contributed by atoms with Crippen LogP contribution >= 0.6 is 0 Å². The van der Waals surface area contributed by atoms with Gasteiger partial charge in [0.2, 0.25) is 5.95 Å². The van der Waals surface area contributed by atoms with Crippen LogP contribution in [0, 0.1) is 20.8 Å². The Bertz CT molecular complexity index is 646. The van der Waals surface area contributed by atoms with Gasteiger partial charge in [-0.3, -0.25) is 5.43 Å². The maximum atomic E-state index is 5.76. The van der Waals surface area contributed by atoms with Crippen LogP contribution in [0.2, 0.25) is 0 Å². The molecule has 21 heavy (non-hydrogen) atoms. The summed E-state index contributed by atoms with van der Waals surface area (Å²) in [5.41, 5.74) is 5.64. The van der Waals surface area contributed by atoms with Crippen LogP contribution in [0.15, 0.2) is 12.1 Å². The molecule has 0 aliphatic rings. The Morgan fingerprint density at radius 3 is 2.48 bits per heavy atom.